The van der Waals surface area contributed by atoms with E-state index in [-0.39, 0.29) is 18.4 Å². The molecule has 1 fully saturated rings. The number of nitrogens with zero attached hydrogens (tertiary/aromatic N) is 3. The quantitative estimate of drug-likeness (QED) is 0.684. The van der Waals surface area contributed by atoms with E-state index in [2.05, 4.69) is 0 Å². The van der Waals surface area contributed by atoms with Gasteiger partial charge in [-0.2, -0.15) is 0 Å². The normalized spacial score (nSPS) is 15.9. The maximum absolute atomic E-state index is 12.4. The Morgan fingerprint density at radius 1 is 1.05 bits per heavy atom. The smallest absolute Gasteiger partial charge is 0.236 e. The van der Waals surface area contributed by atoms with Gasteiger partial charge in [0.1, 0.15) is 0 Å². The summed E-state index contributed by atoms with van der Waals surface area (Å²) >= 11 is 0. The molecule has 0 aromatic heterocycles. The predicted molar refractivity (Wildman–Crippen MR) is 82.1 cm³/mol. The molecular formula is C15H29N3O3. The molecule has 0 unspecified atom stereocenters. The molecule has 0 aromatic carbocycles. The van der Waals surface area contributed by atoms with E-state index < -0.39 is 0 Å². The summed E-state index contributed by atoms with van der Waals surface area (Å²) in [7, 11) is 5.09. The number of carbonyl (C=O) groups excluding carboxylic acids is 2. The number of likely N-dealkylation sites (tertiary alicyclic amines) is 1. The van der Waals surface area contributed by atoms with Gasteiger partial charge >= 0.3 is 0 Å². The van der Waals surface area contributed by atoms with Crippen molar-refractivity contribution in [2.45, 2.75) is 25.7 Å². The van der Waals surface area contributed by atoms with Gasteiger partial charge in [0.15, 0.2) is 0 Å². The van der Waals surface area contributed by atoms with Crippen molar-refractivity contribution in [1.82, 2.24) is 14.7 Å². The number of ether oxygens (including phenoxy) is 1. The second-order valence-electron chi connectivity index (χ2n) is 5.79. The molecule has 21 heavy (non-hydrogen) atoms. The average molecular weight is 299 g/mol. The van der Waals surface area contributed by atoms with Crippen LogP contribution in [0.1, 0.15) is 25.7 Å². The average Bonchev–Trinajstić information content (AvgIpc) is 2.73. The number of methoxy groups -OCH3 is 1. The Hall–Kier alpha value is -1.14. The van der Waals surface area contributed by atoms with Crippen LogP contribution in [-0.4, -0.2) is 87.0 Å². The van der Waals surface area contributed by atoms with Crippen molar-refractivity contribution in [2.75, 3.05) is 60.5 Å². The van der Waals surface area contributed by atoms with Crippen molar-refractivity contribution in [2.24, 2.45) is 0 Å². The van der Waals surface area contributed by atoms with Crippen LogP contribution < -0.4 is 0 Å². The summed E-state index contributed by atoms with van der Waals surface area (Å²) in [6, 6.07) is 0. The molecule has 0 N–H and O–H groups in total. The van der Waals surface area contributed by atoms with E-state index in [1.165, 1.54) is 12.8 Å². The molecule has 2 amide bonds. The van der Waals surface area contributed by atoms with Crippen LogP contribution in [0, 0.1) is 0 Å². The number of hydrogen-bond donors (Lipinski definition) is 0. The van der Waals surface area contributed by atoms with Gasteiger partial charge in [-0.3, -0.25) is 14.5 Å². The van der Waals surface area contributed by atoms with Crippen molar-refractivity contribution < 1.29 is 14.3 Å². The van der Waals surface area contributed by atoms with E-state index in [4.69, 9.17) is 4.74 Å². The monoisotopic (exact) mass is 299 g/mol. The number of amides is 2. The van der Waals surface area contributed by atoms with Crippen LogP contribution in [0.2, 0.25) is 0 Å². The molecule has 122 valence electrons. The van der Waals surface area contributed by atoms with Crippen LogP contribution in [0.25, 0.3) is 0 Å². The van der Waals surface area contributed by atoms with Crippen LogP contribution in [0.4, 0.5) is 0 Å². The molecule has 0 saturated carbocycles. The van der Waals surface area contributed by atoms with Gasteiger partial charge in [-0.05, 0) is 12.8 Å². The van der Waals surface area contributed by atoms with Crippen molar-refractivity contribution in [3.63, 3.8) is 0 Å². The van der Waals surface area contributed by atoms with Gasteiger partial charge < -0.3 is 14.5 Å². The highest BCUT2D eigenvalue weighted by Gasteiger charge is 2.20. The SMILES string of the molecule is COCCN(CC(=O)N(C)C)CC(=O)N1CCCCCC1. The lowest BCUT2D eigenvalue weighted by Crippen LogP contribution is -2.45. The van der Waals surface area contributed by atoms with Crippen LogP contribution >= 0.6 is 0 Å². The highest BCUT2D eigenvalue weighted by atomic mass is 16.5. The molecule has 1 rings (SSSR count). The lowest BCUT2D eigenvalue weighted by molar-refractivity contribution is -0.134. The topological polar surface area (TPSA) is 53.1 Å². The van der Waals surface area contributed by atoms with E-state index >= 15 is 0 Å². The summed E-state index contributed by atoms with van der Waals surface area (Å²) in [5, 5.41) is 0. The number of rotatable bonds is 7. The molecule has 0 aliphatic carbocycles. The lowest BCUT2D eigenvalue weighted by Gasteiger charge is -2.27. The van der Waals surface area contributed by atoms with E-state index in [1.807, 2.05) is 9.80 Å². The van der Waals surface area contributed by atoms with Crippen molar-refractivity contribution in [3.8, 4) is 0 Å². The summed E-state index contributed by atoms with van der Waals surface area (Å²) in [6.07, 6.45) is 4.58. The van der Waals surface area contributed by atoms with Gasteiger partial charge in [0.25, 0.3) is 0 Å². The van der Waals surface area contributed by atoms with E-state index in [9.17, 15) is 9.59 Å². The molecule has 1 aliphatic heterocycles. The summed E-state index contributed by atoms with van der Waals surface area (Å²) in [5.74, 6) is 0.134. The molecule has 0 radical (unpaired) electrons. The molecular weight excluding hydrogens is 270 g/mol. The predicted octanol–water partition coefficient (Wildman–Crippen LogP) is 0.426. The molecule has 1 heterocycles. The summed E-state index contributed by atoms with van der Waals surface area (Å²) < 4.78 is 5.07. The van der Waals surface area contributed by atoms with Crippen LogP contribution in [0.5, 0.6) is 0 Å². The number of likely N-dealkylation sites (N-methyl/N-ethyl adjacent to an activating group) is 1. The molecule has 6 heteroatoms. The fourth-order valence-corrected chi connectivity index (χ4v) is 2.38. The Bertz CT molecular complexity index is 326. The molecule has 1 saturated heterocycles. The maximum atomic E-state index is 12.4. The van der Waals surface area contributed by atoms with E-state index in [0.717, 1.165) is 25.9 Å². The molecule has 0 spiro atoms. The van der Waals surface area contributed by atoms with Crippen LogP contribution in [-0.2, 0) is 14.3 Å². The van der Waals surface area contributed by atoms with Gasteiger partial charge in [0.05, 0.1) is 19.7 Å². The summed E-state index contributed by atoms with van der Waals surface area (Å²) in [5.41, 5.74) is 0. The first-order valence-electron chi connectivity index (χ1n) is 7.74. The standard InChI is InChI=1S/C15H29N3O3/c1-16(2)14(19)12-17(10-11-21-3)13-15(20)18-8-6-4-5-7-9-18/h4-13H2,1-3H3. The molecule has 0 bridgehead atoms. The van der Waals surface area contributed by atoms with Crippen LogP contribution in [0.15, 0.2) is 0 Å². The Labute approximate surface area is 128 Å². The zero-order chi connectivity index (χ0) is 15.7. The minimum atomic E-state index is 0.00905. The van der Waals surface area contributed by atoms with Gasteiger partial charge in [-0.1, -0.05) is 12.8 Å². The number of carbonyl (C=O) groups is 2. The van der Waals surface area contributed by atoms with Gasteiger partial charge in [0, 0.05) is 40.8 Å². The lowest BCUT2D eigenvalue weighted by atomic mass is 10.2. The fraction of sp³-hybridized carbons (Fsp3) is 0.867. The zero-order valence-electron chi connectivity index (χ0n) is 13.6. The Balaban J connectivity index is 2.52. The van der Waals surface area contributed by atoms with Gasteiger partial charge in [-0.15, -0.1) is 0 Å². The van der Waals surface area contributed by atoms with Crippen LogP contribution in [0.3, 0.4) is 0 Å². The number of hydrogen-bond acceptors (Lipinski definition) is 4. The largest absolute Gasteiger partial charge is 0.383 e. The second kappa shape index (κ2) is 9.73. The Morgan fingerprint density at radius 3 is 2.19 bits per heavy atom. The zero-order valence-corrected chi connectivity index (χ0v) is 13.6. The maximum Gasteiger partial charge on any atom is 0.236 e. The second-order valence-corrected chi connectivity index (χ2v) is 5.79. The van der Waals surface area contributed by atoms with E-state index in [0.29, 0.717) is 19.7 Å². The third kappa shape index (κ3) is 6.91. The molecule has 0 atom stereocenters. The Kier molecular flexibility index (Phi) is 8.30. The Morgan fingerprint density at radius 2 is 1.67 bits per heavy atom. The fourth-order valence-electron chi connectivity index (χ4n) is 2.38. The van der Waals surface area contributed by atoms with Crippen molar-refractivity contribution >= 4 is 11.8 Å². The summed E-state index contributed by atoms with van der Waals surface area (Å²) in [6.45, 7) is 3.36. The molecule has 1 aliphatic rings. The minimum Gasteiger partial charge on any atom is -0.383 e. The van der Waals surface area contributed by atoms with Gasteiger partial charge in [0.2, 0.25) is 11.8 Å². The van der Waals surface area contributed by atoms with Gasteiger partial charge in [-0.25, -0.2) is 0 Å². The minimum absolute atomic E-state index is 0.00905. The first-order chi connectivity index (χ1) is 10.0. The van der Waals surface area contributed by atoms with Crippen molar-refractivity contribution in [1.29, 1.82) is 0 Å². The molecule has 0 aromatic rings. The first kappa shape index (κ1) is 17.9. The highest BCUT2D eigenvalue weighted by Crippen LogP contribution is 2.10. The first-order valence-corrected chi connectivity index (χ1v) is 7.74. The third-order valence-electron chi connectivity index (χ3n) is 3.79. The van der Waals surface area contributed by atoms with Crippen molar-refractivity contribution in [3.05, 3.63) is 0 Å². The third-order valence-corrected chi connectivity index (χ3v) is 3.79. The van der Waals surface area contributed by atoms with E-state index in [1.54, 1.807) is 26.1 Å². The highest BCUT2D eigenvalue weighted by molar-refractivity contribution is 5.81. The summed E-state index contributed by atoms with van der Waals surface area (Å²) in [4.78, 5) is 29.6. The molecule has 6 nitrogen and oxygen atoms in total.